The lowest BCUT2D eigenvalue weighted by molar-refractivity contribution is -0.119. The summed E-state index contributed by atoms with van der Waals surface area (Å²) in [5, 5.41) is 6.08. The SMILES string of the molecule is CCn1c(SCC(=O)NC(C)C)nc2scc(-c3ccccc3)c2c1=O. The predicted octanol–water partition coefficient (Wildman–Crippen LogP) is 3.76. The molecule has 1 amide bonds. The van der Waals surface area contributed by atoms with Gasteiger partial charge < -0.3 is 5.32 Å². The quantitative estimate of drug-likeness (QED) is 0.517. The van der Waals surface area contributed by atoms with Crippen molar-refractivity contribution < 1.29 is 4.79 Å². The van der Waals surface area contributed by atoms with Crippen LogP contribution in [0.25, 0.3) is 21.3 Å². The van der Waals surface area contributed by atoms with Gasteiger partial charge in [-0.15, -0.1) is 11.3 Å². The van der Waals surface area contributed by atoms with Crippen LogP contribution in [0.1, 0.15) is 20.8 Å². The highest BCUT2D eigenvalue weighted by Crippen LogP contribution is 2.32. The third-order valence-electron chi connectivity index (χ3n) is 3.84. The average molecular weight is 388 g/mol. The van der Waals surface area contributed by atoms with Crippen molar-refractivity contribution in [1.82, 2.24) is 14.9 Å². The van der Waals surface area contributed by atoms with Gasteiger partial charge in [0.2, 0.25) is 5.91 Å². The maximum atomic E-state index is 13.1. The van der Waals surface area contributed by atoms with Crippen molar-refractivity contribution in [3.8, 4) is 11.1 Å². The van der Waals surface area contributed by atoms with E-state index in [1.54, 1.807) is 4.57 Å². The van der Waals surface area contributed by atoms with Crippen molar-refractivity contribution >= 4 is 39.2 Å². The zero-order valence-corrected chi connectivity index (χ0v) is 16.6. The van der Waals surface area contributed by atoms with E-state index in [9.17, 15) is 9.59 Å². The largest absolute Gasteiger partial charge is 0.353 e. The molecule has 26 heavy (non-hydrogen) atoms. The van der Waals surface area contributed by atoms with Gasteiger partial charge >= 0.3 is 0 Å². The summed E-state index contributed by atoms with van der Waals surface area (Å²) in [7, 11) is 0. The Morgan fingerprint density at radius 3 is 2.69 bits per heavy atom. The van der Waals surface area contributed by atoms with E-state index in [0.29, 0.717) is 21.9 Å². The van der Waals surface area contributed by atoms with Crippen molar-refractivity contribution in [2.24, 2.45) is 0 Å². The van der Waals surface area contributed by atoms with Crippen LogP contribution in [0.3, 0.4) is 0 Å². The summed E-state index contributed by atoms with van der Waals surface area (Å²) in [6, 6.07) is 9.96. The number of rotatable bonds is 6. The van der Waals surface area contributed by atoms with E-state index in [0.717, 1.165) is 11.1 Å². The zero-order valence-electron chi connectivity index (χ0n) is 15.0. The molecule has 0 saturated heterocycles. The fraction of sp³-hybridized carbons (Fsp3) is 0.316. The number of benzene rings is 1. The fourth-order valence-corrected chi connectivity index (χ4v) is 4.58. The summed E-state index contributed by atoms with van der Waals surface area (Å²) in [5.74, 6) is 0.186. The molecule has 0 radical (unpaired) electrons. The molecule has 0 bridgehead atoms. The Labute approximate surface area is 160 Å². The van der Waals surface area contributed by atoms with Crippen LogP contribution in [0.2, 0.25) is 0 Å². The van der Waals surface area contributed by atoms with E-state index in [1.807, 2.05) is 56.5 Å². The molecule has 0 aliphatic carbocycles. The van der Waals surface area contributed by atoms with E-state index in [4.69, 9.17) is 0 Å². The highest BCUT2D eigenvalue weighted by Gasteiger charge is 2.17. The van der Waals surface area contributed by atoms with Gasteiger partial charge in [0.1, 0.15) is 4.83 Å². The predicted molar refractivity (Wildman–Crippen MR) is 109 cm³/mol. The van der Waals surface area contributed by atoms with Gasteiger partial charge in [-0.05, 0) is 26.3 Å². The average Bonchev–Trinajstić information content (AvgIpc) is 3.04. The van der Waals surface area contributed by atoms with E-state index >= 15 is 0 Å². The monoisotopic (exact) mass is 387 g/mol. The number of fused-ring (bicyclic) bond motifs is 1. The van der Waals surface area contributed by atoms with Crippen LogP contribution in [0.5, 0.6) is 0 Å². The maximum Gasteiger partial charge on any atom is 0.263 e. The lowest BCUT2D eigenvalue weighted by Crippen LogP contribution is -2.32. The van der Waals surface area contributed by atoms with E-state index < -0.39 is 0 Å². The first-order valence-corrected chi connectivity index (χ1v) is 10.4. The highest BCUT2D eigenvalue weighted by atomic mass is 32.2. The number of hydrogen-bond acceptors (Lipinski definition) is 5. The molecule has 136 valence electrons. The number of aromatic nitrogens is 2. The van der Waals surface area contributed by atoms with Crippen molar-refractivity contribution in [3.63, 3.8) is 0 Å². The summed E-state index contributed by atoms with van der Waals surface area (Å²) in [4.78, 5) is 30.4. The molecule has 7 heteroatoms. The normalized spacial score (nSPS) is 11.2. The minimum absolute atomic E-state index is 0.0515. The molecule has 1 aromatic carbocycles. The van der Waals surface area contributed by atoms with Crippen LogP contribution in [0.4, 0.5) is 0 Å². The molecule has 2 heterocycles. The van der Waals surface area contributed by atoms with Crippen LogP contribution in [-0.2, 0) is 11.3 Å². The molecule has 0 unspecified atom stereocenters. The van der Waals surface area contributed by atoms with Crippen molar-refractivity contribution in [3.05, 3.63) is 46.1 Å². The number of thioether (sulfide) groups is 1. The summed E-state index contributed by atoms with van der Waals surface area (Å²) in [6.45, 7) is 6.28. The highest BCUT2D eigenvalue weighted by molar-refractivity contribution is 7.99. The number of nitrogens with one attached hydrogen (secondary N) is 1. The summed E-state index contributed by atoms with van der Waals surface area (Å²) in [6.07, 6.45) is 0. The maximum absolute atomic E-state index is 13.1. The second-order valence-corrected chi connectivity index (χ2v) is 7.95. The van der Waals surface area contributed by atoms with Crippen LogP contribution in [0.15, 0.2) is 45.7 Å². The molecular formula is C19H21N3O2S2. The molecule has 0 saturated carbocycles. The minimum Gasteiger partial charge on any atom is -0.353 e. The minimum atomic E-state index is -0.0573. The van der Waals surface area contributed by atoms with Crippen LogP contribution in [0, 0.1) is 0 Å². The molecular weight excluding hydrogens is 366 g/mol. The molecule has 0 spiro atoms. The third-order valence-corrected chi connectivity index (χ3v) is 5.69. The first-order chi connectivity index (χ1) is 12.5. The lowest BCUT2D eigenvalue weighted by Gasteiger charge is -2.11. The first kappa shape index (κ1) is 18.7. The molecule has 0 aliphatic rings. The van der Waals surface area contributed by atoms with Gasteiger partial charge in [-0.3, -0.25) is 14.2 Å². The van der Waals surface area contributed by atoms with E-state index in [-0.39, 0.29) is 23.3 Å². The zero-order chi connectivity index (χ0) is 18.7. The topological polar surface area (TPSA) is 64.0 Å². The number of thiophene rings is 1. The Bertz CT molecular complexity index is 978. The Kier molecular flexibility index (Phi) is 5.78. The molecule has 0 atom stereocenters. The van der Waals surface area contributed by atoms with Gasteiger partial charge in [0.05, 0.1) is 11.1 Å². The van der Waals surface area contributed by atoms with Crippen LogP contribution < -0.4 is 10.9 Å². The smallest absolute Gasteiger partial charge is 0.263 e. The van der Waals surface area contributed by atoms with Gasteiger partial charge in [0.25, 0.3) is 5.56 Å². The van der Waals surface area contributed by atoms with E-state index in [2.05, 4.69) is 10.3 Å². The number of carbonyl (C=O) groups excluding carboxylic acids is 1. The van der Waals surface area contributed by atoms with Gasteiger partial charge in [-0.2, -0.15) is 0 Å². The first-order valence-electron chi connectivity index (χ1n) is 8.50. The summed E-state index contributed by atoms with van der Waals surface area (Å²) in [5.41, 5.74) is 1.88. The van der Waals surface area contributed by atoms with Crippen molar-refractivity contribution in [1.29, 1.82) is 0 Å². The number of hydrogen-bond donors (Lipinski definition) is 1. The van der Waals surface area contributed by atoms with Crippen molar-refractivity contribution in [2.45, 2.75) is 38.5 Å². The van der Waals surface area contributed by atoms with Crippen molar-refractivity contribution in [2.75, 3.05) is 5.75 Å². The molecule has 0 fully saturated rings. The number of amides is 1. The Balaban J connectivity index is 2.00. The number of carbonyl (C=O) groups is 1. The summed E-state index contributed by atoms with van der Waals surface area (Å²) < 4.78 is 1.65. The summed E-state index contributed by atoms with van der Waals surface area (Å²) >= 11 is 2.77. The molecule has 2 aromatic heterocycles. The van der Waals surface area contributed by atoms with Gasteiger partial charge in [0, 0.05) is 23.5 Å². The third kappa shape index (κ3) is 3.83. The molecule has 3 rings (SSSR count). The Hall–Kier alpha value is -2.12. The lowest BCUT2D eigenvalue weighted by atomic mass is 10.1. The van der Waals surface area contributed by atoms with Gasteiger partial charge in [-0.25, -0.2) is 4.98 Å². The Morgan fingerprint density at radius 2 is 2.04 bits per heavy atom. The Morgan fingerprint density at radius 1 is 1.31 bits per heavy atom. The van der Waals surface area contributed by atoms with Crippen LogP contribution >= 0.6 is 23.1 Å². The van der Waals surface area contributed by atoms with E-state index in [1.165, 1.54) is 23.1 Å². The fourth-order valence-electron chi connectivity index (χ4n) is 2.72. The van der Waals surface area contributed by atoms with Gasteiger partial charge in [0.15, 0.2) is 5.16 Å². The molecule has 1 N–H and O–H groups in total. The second-order valence-electron chi connectivity index (χ2n) is 6.15. The van der Waals surface area contributed by atoms with Crippen LogP contribution in [-0.4, -0.2) is 27.3 Å². The second kappa shape index (κ2) is 8.05. The van der Waals surface area contributed by atoms with Gasteiger partial charge in [-0.1, -0.05) is 42.1 Å². The molecule has 3 aromatic rings. The number of nitrogens with zero attached hydrogens (tertiary/aromatic N) is 2. The molecule has 0 aliphatic heterocycles. The standard InChI is InChI=1S/C19H21N3O2S2/c1-4-22-18(24)16-14(13-8-6-5-7-9-13)10-25-17(16)21-19(22)26-11-15(23)20-12(2)3/h5-10,12H,4,11H2,1-3H3,(H,20,23). The molecule has 5 nitrogen and oxygen atoms in total.